The molecule has 0 fully saturated rings. The van der Waals surface area contributed by atoms with E-state index in [1.165, 1.54) is 12.3 Å². The smallest absolute Gasteiger partial charge is 0.141 e. The van der Waals surface area contributed by atoms with E-state index < -0.39 is 11.9 Å². The number of halogens is 2. The first-order chi connectivity index (χ1) is 8.22. The van der Waals surface area contributed by atoms with Gasteiger partial charge in [0, 0.05) is 12.4 Å². The number of nitrogens with one attached hydrogen (secondary N) is 1. The summed E-state index contributed by atoms with van der Waals surface area (Å²) in [5.41, 5.74) is 3.64. The van der Waals surface area contributed by atoms with Gasteiger partial charge in [0.2, 0.25) is 0 Å². The van der Waals surface area contributed by atoms with Crippen LogP contribution in [0, 0.1) is 5.82 Å². The fourth-order valence-electron chi connectivity index (χ4n) is 1.53. The van der Waals surface area contributed by atoms with Crippen LogP contribution in [0.5, 0.6) is 0 Å². The highest BCUT2D eigenvalue weighted by atomic mass is 35.5. The number of nitrogens with two attached hydrogens (primary N) is 1. The molecule has 0 spiro atoms. The Bertz CT molecular complexity index is 520. The van der Waals surface area contributed by atoms with E-state index in [2.05, 4.69) is 15.4 Å². The number of hydrazine groups is 1. The number of hydrogen-bond acceptors (Lipinski definition) is 4. The van der Waals surface area contributed by atoms with Crippen molar-refractivity contribution in [1.29, 1.82) is 0 Å². The molecular weight excluding hydrogens is 243 g/mol. The van der Waals surface area contributed by atoms with E-state index in [4.69, 9.17) is 17.4 Å². The molecule has 6 heteroatoms. The van der Waals surface area contributed by atoms with Crippen molar-refractivity contribution in [2.45, 2.75) is 6.04 Å². The van der Waals surface area contributed by atoms with Crippen LogP contribution in [0.1, 0.15) is 17.3 Å². The zero-order chi connectivity index (χ0) is 12.3. The first kappa shape index (κ1) is 11.9. The lowest BCUT2D eigenvalue weighted by molar-refractivity contribution is 0.591. The van der Waals surface area contributed by atoms with Crippen molar-refractivity contribution in [2.75, 3.05) is 0 Å². The SMILES string of the molecule is NNC(c1cncc(F)c1)c1ncccc1Cl. The van der Waals surface area contributed by atoms with Crippen LogP contribution in [0.3, 0.4) is 0 Å². The van der Waals surface area contributed by atoms with E-state index in [0.29, 0.717) is 16.3 Å². The summed E-state index contributed by atoms with van der Waals surface area (Å²) >= 11 is 6.02. The first-order valence-corrected chi connectivity index (χ1v) is 5.27. The maximum absolute atomic E-state index is 13.1. The van der Waals surface area contributed by atoms with Gasteiger partial charge in [0.25, 0.3) is 0 Å². The van der Waals surface area contributed by atoms with Crippen molar-refractivity contribution in [1.82, 2.24) is 15.4 Å². The van der Waals surface area contributed by atoms with Gasteiger partial charge in [-0.3, -0.25) is 15.8 Å². The standard InChI is InChI=1S/C11H10ClFN4/c12-9-2-1-3-16-11(9)10(17-14)7-4-8(13)6-15-5-7/h1-6,10,17H,14H2. The average molecular weight is 253 g/mol. The predicted octanol–water partition coefficient (Wildman–Crippen LogP) is 1.82. The van der Waals surface area contributed by atoms with Crippen molar-refractivity contribution in [3.8, 4) is 0 Å². The lowest BCUT2D eigenvalue weighted by Crippen LogP contribution is -2.29. The minimum Gasteiger partial charge on any atom is -0.271 e. The molecule has 0 aliphatic heterocycles. The third kappa shape index (κ3) is 2.58. The van der Waals surface area contributed by atoms with Gasteiger partial charge in [-0.2, -0.15) is 0 Å². The van der Waals surface area contributed by atoms with Gasteiger partial charge in [0.15, 0.2) is 0 Å². The second-order valence-electron chi connectivity index (χ2n) is 3.41. The normalized spacial score (nSPS) is 12.4. The molecule has 2 aromatic rings. The number of hydrogen-bond donors (Lipinski definition) is 2. The van der Waals surface area contributed by atoms with Crippen LogP contribution in [0.4, 0.5) is 4.39 Å². The van der Waals surface area contributed by atoms with Crippen molar-refractivity contribution in [3.05, 3.63) is 58.9 Å². The Morgan fingerprint density at radius 3 is 2.88 bits per heavy atom. The van der Waals surface area contributed by atoms with Gasteiger partial charge < -0.3 is 0 Å². The Hall–Kier alpha value is -1.56. The van der Waals surface area contributed by atoms with E-state index in [0.717, 1.165) is 6.20 Å². The summed E-state index contributed by atoms with van der Waals surface area (Å²) in [5, 5.41) is 0.458. The van der Waals surface area contributed by atoms with E-state index in [-0.39, 0.29) is 0 Å². The Morgan fingerprint density at radius 2 is 2.24 bits per heavy atom. The van der Waals surface area contributed by atoms with Gasteiger partial charge in [-0.15, -0.1) is 0 Å². The number of pyridine rings is 2. The molecule has 0 saturated heterocycles. The van der Waals surface area contributed by atoms with Gasteiger partial charge in [0.1, 0.15) is 5.82 Å². The molecule has 3 N–H and O–H groups in total. The molecule has 0 aliphatic carbocycles. The predicted molar refractivity (Wildman–Crippen MR) is 62.6 cm³/mol. The van der Waals surface area contributed by atoms with Gasteiger partial charge in [-0.25, -0.2) is 9.82 Å². The van der Waals surface area contributed by atoms with E-state index in [1.54, 1.807) is 18.3 Å². The third-order valence-electron chi connectivity index (χ3n) is 2.29. The van der Waals surface area contributed by atoms with E-state index >= 15 is 0 Å². The van der Waals surface area contributed by atoms with Crippen molar-refractivity contribution >= 4 is 11.6 Å². The Kier molecular flexibility index (Phi) is 3.63. The molecule has 0 aromatic carbocycles. The van der Waals surface area contributed by atoms with Gasteiger partial charge in [-0.05, 0) is 23.8 Å². The minimum absolute atomic E-state index is 0.435. The van der Waals surface area contributed by atoms with Crippen LogP contribution in [-0.4, -0.2) is 9.97 Å². The summed E-state index contributed by atoms with van der Waals surface area (Å²) in [6.07, 6.45) is 4.23. The molecule has 1 atom stereocenters. The van der Waals surface area contributed by atoms with Crippen LogP contribution in [0.25, 0.3) is 0 Å². The Balaban J connectivity index is 2.44. The third-order valence-corrected chi connectivity index (χ3v) is 2.61. The summed E-state index contributed by atoms with van der Waals surface area (Å²) in [6.45, 7) is 0. The number of nitrogens with zero attached hydrogens (tertiary/aromatic N) is 2. The number of rotatable bonds is 3. The van der Waals surface area contributed by atoms with Crippen LogP contribution in [0.2, 0.25) is 5.02 Å². The molecule has 0 bridgehead atoms. The highest BCUT2D eigenvalue weighted by Gasteiger charge is 2.17. The van der Waals surface area contributed by atoms with Crippen LogP contribution in [-0.2, 0) is 0 Å². The maximum atomic E-state index is 13.1. The Morgan fingerprint density at radius 1 is 1.41 bits per heavy atom. The molecule has 0 aliphatic rings. The van der Waals surface area contributed by atoms with Gasteiger partial charge in [-0.1, -0.05) is 11.6 Å². The molecule has 1 unspecified atom stereocenters. The Labute approximate surface area is 103 Å². The fourth-order valence-corrected chi connectivity index (χ4v) is 1.76. The molecule has 17 heavy (non-hydrogen) atoms. The average Bonchev–Trinajstić information content (AvgIpc) is 2.33. The zero-order valence-corrected chi connectivity index (χ0v) is 9.53. The largest absolute Gasteiger partial charge is 0.271 e. The quantitative estimate of drug-likeness (QED) is 0.646. The molecule has 2 aromatic heterocycles. The maximum Gasteiger partial charge on any atom is 0.141 e. The molecule has 88 valence electrons. The highest BCUT2D eigenvalue weighted by Crippen LogP contribution is 2.25. The topological polar surface area (TPSA) is 63.8 Å². The van der Waals surface area contributed by atoms with Gasteiger partial charge in [0.05, 0.1) is 23.0 Å². The van der Waals surface area contributed by atoms with Gasteiger partial charge >= 0.3 is 0 Å². The molecule has 4 nitrogen and oxygen atoms in total. The molecule has 0 saturated carbocycles. The fraction of sp³-hybridized carbons (Fsp3) is 0.0909. The molecule has 2 rings (SSSR count). The van der Waals surface area contributed by atoms with E-state index in [1.807, 2.05) is 0 Å². The van der Waals surface area contributed by atoms with Crippen LogP contribution < -0.4 is 11.3 Å². The second-order valence-corrected chi connectivity index (χ2v) is 3.81. The molecule has 2 heterocycles. The van der Waals surface area contributed by atoms with Crippen LogP contribution in [0.15, 0.2) is 36.8 Å². The van der Waals surface area contributed by atoms with Crippen molar-refractivity contribution in [3.63, 3.8) is 0 Å². The first-order valence-electron chi connectivity index (χ1n) is 4.89. The van der Waals surface area contributed by atoms with Crippen molar-refractivity contribution in [2.24, 2.45) is 5.84 Å². The summed E-state index contributed by atoms with van der Waals surface area (Å²) in [6, 6.07) is 4.25. The summed E-state index contributed by atoms with van der Waals surface area (Å²) in [5.74, 6) is 5.02. The lowest BCUT2D eigenvalue weighted by atomic mass is 10.1. The van der Waals surface area contributed by atoms with Crippen molar-refractivity contribution < 1.29 is 4.39 Å². The lowest BCUT2D eigenvalue weighted by Gasteiger charge is -2.16. The molecular formula is C11H10ClFN4. The zero-order valence-electron chi connectivity index (χ0n) is 8.77. The summed E-state index contributed by atoms with van der Waals surface area (Å²) < 4.78 is 13.1. The highest BCUT2D eigenvalue weighted by molar-refractivity contribution is 6.31. The van der Waals surface area contributed by atoms with Crippen LogP contribution >= 0.6 is 11.6 Å². The molecule has 0 radical (unpaired) electrons. The summed E-state index contributed by atoms with van der Waals surface area (Å²) in [4.78, 5) is 7.90. The summed E-state index contributed by atoms with van der Waals surface area (Å²) in [7, 11) is 0. The number of aromatic nitrogens is 2. The second kappa shape index (κ2) is 5.18. The monoisotopic (exact) mass is 252 g/mol. The van der Waals surface area contributed by atoms with E-state index in [9.17, 15) is 4.39 Å². The molecule has 0 amide bonds. The minimum atomic E-state index is -0.494.